The summed E-state index contributed by atoms with van der Waals surface area (Å²) >= 11 is 0. The highest BCUT2D eigenvalue weighted by atomic mass is 14.9. The number of aromatic amines is 1. The molecule has 3 rings (SSSR count). The topological polar surface area (TPSA) is 27.8 Å². The maximum absolute atomic E-state index is 3.28. The zero-order chi connectivity index (χ0) is 10.3. The molecule has 2 heterocycles. The zero-order valence-electron chi connectivity index (χ0n) is 8.48. The van der Waals surface area contributed by atoms with Crippen molar-refractivity contribution in [2.75, 3.05) is 11.9 Å². The van der Waals surface area contributed by atoms with Gasteiger partial charge in [-0.2, -0.15) is 0 Å². The van der Waals surface area contributed by atoms with Crippen molar-refractivity contribution >= 4 is 11.8 Å². The average molecular weight is 198 g/mol. The third-order valence-electron chi connectivity index (χ3n) is 2.16. The van der Waals surface area contributed by atoms with Crippen LogP contribution in [0.3, 0.4) is 0 Å². The highest BCUT2D eigenvalue weighted by molar-refractivity contribution is 5.69. The largest absolute Gasteiger partial charge is 0.381 e. The summed E-state index contributed by atoms with van der Waals surface area (Å²) in [4.78, 5) is 2.86. The molecule has 2 nitrogen and oxygen atoms in total. The van der Waals surface area contributed by atoms with Gasteiger partial charge in [0.2, 0.25) is 0 Å². The van der Waals surface area contributed by atoms with E-state index >= 15 is 0 Å². The van der Waals surface area contributed by atoms with Crippen molar-refractivity contribution in [3.8, 4) is 0 Å². The van der Waals surface area contributed by atoms with Gasteiger partial charge in [-0.05, 0) is 23.8 Å². The summed E-state index contributed by atoms with van der Waals surface area (Å²) in [5.41, 5.74) is 2.53. The Balaban J connectivity index is 0.000000144. The molecule has 0 unspecified atom stereocenters. The van der Waals surface area contributed by atoms with E-state index in [0.29, 0.717) is 0 Å². The van der Waals surface area contributed by atoms with Crippen molar-refractivity contribution in [1.29, 1.82) is 0 Å². The van der Waals surface area contributed by atoms with Crippen molar-refractivity contribution in [1.82, 2.24) is 4.98 Å². The fourth-order valence-electron chi connectivity index (χ4n) is 1.44. The average Bonchev–Trinajstić information content (AvgIpc) is 2.88. The van der Waals surface area contributed by atoms with Crippen molar-refractivity contribution in [2.45, 2.75) is 0 Å². The Labute approximate surface area is 89.7 Å². The Morgan fingerprint density at radius 3 is 2.40 bits per heavy atom. The lowest BCUT2D eigenvalue weighted by atomic mass is 10.1. The molecule has 1 aromatic carbocycles. The van der Waals surface area contributed by atoms with Gasteiger partial charge in [0.1, 0.15) is 0 Å². The quantitative estimate of drug-likeness (QED) is 0.668. The van der Waals surface area contributed by atoms with Gasteiger partial charge in [0.15, 0.2) is 0 Å². The van der Waals surface area contributed by atoms with E-state index in [1.54, 1.807) is 0 Å². The predicted octanol–water partition coefficient (Wildman–Crippen LogP) is 3.14. The van der Waals surface area contributed by atoms with Crippen molar-refractivity contribution in [3.63, 3.8) is 0 Å². The fourth-order valence-corrected chi connectivity index (χ4v) is 1.44. The molecule has 1 aliphatic heterocycles. The zero-order valence-corrected chi connectivity index (χ0v) is 8.48. The Morgan fingerprint density at radius 2 is 1.73 bits per heavy atom. The van der Waals surface area contributed by atoms with E-state index in [0.717, 1.165) is 6.54 Å². The van der Waals surface area contributed by atoms with Crippen LogP contribution in [0, 0.1) is 0 Å². The molecule has 1 aromatic heterocycles. The first-order chi connectivity index (χ1) is 7.47. The van der Waals surface area contributed by atoms with Crippen LogP contribution in [0.25, 0.3) is 6.08 Å². The summed E-state index contributed by atoms with van der Waals surface area (Å²) in [6.07, 6.45) is 8.02. The van der Waals surface area contributed by atoms with E-state index in [9.17, 15) is 0 Å². The molecule has 0 aliphatic carbocycles. The van der Waals surface area contributed by atoms with E-state index in [1.165, 1.54) is 11.3 Å². The molecule has 0 radical (unpaired) electrons. The van der Waals surface area contributed by atoms with Crippen LogP contribution in [0.5, 0.6) is 0 Å². The van der Waals surface area contributed by atoms with Gasteiger partial charge in [0, 0.05) is 24.6 Å². The molecule has 2 aromatic rings. The van der Waals surface area contributed by atoms with E-state index in [2.05, 4.69) is 40.7 Å². The summed E-state index contributed by atoms with van der Waals surface area (Å²) in [6.45, 7) is 0.955. The Hall–Kier alpha value is -1.96. The molecule has 0 spiro atoms. The molecular formula is C13H14N2. The molecule has 0 atom stereocenters. The van der Waals surface area contributed by atoms with Gasteiger partial charge >= 0.3 is 0 Å². The van der Waals surface area contributed by atoms with Crippen LogP contribution >= 0.6 is 0 Å². The number of rotatable bonds is 0. The van der Waals surface area contributed by atoms with Crippen molar-refractivity contribution < 1.29 is 0 Å². The number of anilines is 1. The van der Waals surface area contributed by atoms with Gasteiger partial charge in [0.05, 0.1) is 0 Å². The van der Waals surface area contributed by atoms with Crippen LogP contribution in [0.2, 0.25) is 0 Å². The number of aromatic nitrogens is 1. The maximum Gasteiger partial charge on any atom is 0.0416 e. The van der Waals surface area contributed by atoms with Crippen molar-refractivity contribution in [2.24, 2.45) is 0 Å². The molecule has 1 aliphatic rings. The SMILES string of the molecule is C1=Cc2ccccc2NC1.c1cc[nH]c1. The summed E-state index contributed by atoms with van der Waals surface area (Å²) < 4.78 is 0. The number of nitrogens with one attached hydrogen (secondary N) is 2. The number of benzene rings is 1. The Morgan fingerprint density at radius 1 is 0.933 bits per heavy atom. The molecule has 15 heavy (non-hydrogen) atoms. The lowest BCUT2D eigenvalue weighted by Gasteiger charge is -2.11. The predicted molar refractivity (Wildman–Crippen MR) is 64.8 cm³/mol. The smallest absolute Gasteiger partial charge is 0.0416 e. The van der Waals surface area contributed by atoms with Gasteiger partial charge in [-0.25, -0.2) is 0 Å². The summed E-state index contributed by atoms with van der Waals surface area (Å²) in [5, 5.41) is 3.28. The molecule has 0 fully saturated rings. The molecular weight excluding hydrogens is 184 g/mol. The van der Waals surface area contributed by atoms with Crippen LogP contribution < -0.4 is 5.32 Å². The van der Waals surface area contributed by atoms with Crippen LogP contribution in [0.4, 0.5) is 5.69 Å². The first kappa shape index (κ1) is 9.59. The third kappa shape index (κ3) is 2.74. The monoisotopic (exact) mass is 198 g/mol. The Bertz CT molecular complexity index is 399. The van der Waals surface area contributed by atoms with E-state index < -0.39 is 0 Å². The molecule has 76 valence electrons. The second-order valence-corrected chi connectivity index (χ2v) is 3.26. The number of hydrogen-bond acceptors (Lipinski definition) is 1. The summed E-state index contributed by atoms with van der Waals surface area (Å²) in [7, 11) is 0. The molecule has 2 N–H and O–H groups in total. The van der Waals surface area contributed by atoms with E-state index in [4.69, 9.17) is 0 Å². The minimum absolute atomic E-state index is 0.955. The molecule has 0 amide bonds. The van der Waals surface area contributed by atoms with Crippen LogP contribution in [0.1, 0.15) is 5.56 Å². The van der Waals surface area contributed by atoms with Gasteiger partial charge in [0.25, 0.3) is 0 Å². The molecule has 0 saturated heterocycles. The normalized spacial score (nSPS) is 12.0. The van der Waals surface area contributed by atoms with Crippen LogP contribution in [-0.2, 0) is 0 Å². The third-order valence-corrected chi connectivity index (χ3v) is 2.16. The molecule has 0 bridgehead atoms. The second-order valence-electron chi connectivity index (χ2n) is 3.26. The van der Waals surface area contributed by atoms with Gasteiger partial charge in [-0.3, -0.25) is 0 Å². The number of H-pyrrole nitrogens is 1. The number of para-hydroxylation sites is 1. The maximum atomic E-state index is 3.28. The lowest BCUT2D eigenvalue weighted by Crippen LogP contribution is -2.03. The first-order valence-electron chi connectivity index (χ1n) is 5.04. The fraction of sp³-hybridized carbons (Fsp3) is 0.0769. The summed E-state index contributed by atoms with van der Waals surface area (Å²) in [6, 6.07) is 12.2. The first-order valence-corrected chi connectivity index (χ1v) is 5.04. The number of hydrogen-bond donors (Lipinski definition) is 2. The van der Waals surface area contributed by atoms with Crippen LogP contribution in [-0.4, -0.2) is 11.5 Å². The summed E-state index contributed by atoms with van der Waals surface area (Å²) in [5.74, 6) is 0. The van der Waals surface area contributed by atoms with Crippen molar-refractivity contribution in [3.05, 3.63) is 60.4 Å². The minimum atomic E-state index is 0.955. The number of fused-ring (bicyclic) bond motifs is 1. The van der Waals surface area contributed by atoms with E-state index in [1.807, 2.05) is 30.6 Å². The molecule has 0 saturated carbocycles. The Kier molecular flexibility index (Phi) is 3.23. The minimum Gasteiger partial charge on any atom is -0.381 e. The van der Waals surface area contributed by atoms with Gasteiger partial charge in [-0.1, -0.05) is 30.4 Å². The van der Waals surface area contributed by atoms with E-state index in [-0.39, 0.29) is 0 Å². The van der Waals surface area contributed by atoms with Crippen LogP contribution in [0.15, 0.2) is 54.9 Å². The highest BCUT2D eigenvalue weighted by Gasteiger charge is 1.98. The van der Waals surface area contributed by atoms with Gasteiger partial charge in [-0.15, -0.1) is 0 Å². The van der Waals surface area contributed by atoms with Gasteiger partial charge < -0.3 is 10.3 Å². The second kappa shape index (κ2) is 5.05. The standard InChI is InChI=1S/C9H9N.C4H5N/c1-2-6-9-8(4-1)5-3-7-10-9;1-2-4-5-3-1/h1-6,10H,7H2;1-5H. The molecule has 2 heteroatoms. The highest BCUT2D eigenvalue weighted by Crippen LogP contribution is 2.18. The lowest BCUT2D eigenvalue weighted by molar-refractivity contribution is 1.31.